The average molecular weight is 376 g/mol. The minimum atomic E-state index is -2.83. The van der Waals surface area contributed by atoms with Gasteiger partial charge in [-0.1, -0.05) is 19.1 Å². The van der Waals surface area contributed by atoms with Gasteiger partial charge in [0.25, 0.3) is 0 Å². The standard InChI is InChI=1S/C20H26F2N4O/c1-13-4-8-15(9-5-13)24-20-23-12-17(18(25-20)26(2)3)14-6-10-16(11-7-14)27-19(21)22/h6-7,10-13,15,19H,4-5,8-9H2,1-3H3,(H,23,24,25). The molecule has 0 radical (unpaired) electrons. The Kier molecular flexibility index (Phi) is 6.08. The lowest BCUT2D eigenvalue weighted by Crippen LogP contribution is -2.26. The van der Waals surface area contributed by atoms with Gasteiger partial charge in [0, 0.05) is 31.9 Å². The van der Waals surface area contributed by atoms with Crippen molar-refractivity contribution in [1.82, 2.24) is 9.97 Å². The highest BCUT2D eigenvalue weighted by molar-refractivity contribution is 5.76. The van der Waals surface area contributed by atoms with Crippen molar-refractivity contribution in [2.75, 3.05) is 24.3 Å². The first kappa shape index (κ1) is 19.3. The maximum Gasteiger partial charge on any atom is 0.387 e. The van der Waals surface area contributed by atoms with Crippen molar-refractivity contribution in [3.05, 3.63) is 30.5 Å². The zero-order valence-corrected chi connectivity index (χ0v) is 16.0. The molecular formula is C20H26F2N4O. The van der Waals surface area contributed by atoms with Gasteiger partial charge in [-0.05, 0) is 49.3 Å². The summed E-state index contributed by atoms with van der Waals surface area (Å²) >= 11 is 0. The predicted octanol–water partition coefficient (Wildman–Crippen LogP) is 4.80. The van der Waals surface area contributed by atoms with Crippen LogP contribution in [0, 0.1) is 5.92 Å². The first-order valence-electron chi connectivity index (χ1n) is 9.28. The molecule has 2 aromatic rings. The zero-order chi connectivity index (χ0) is 19.4. The molecule has 0 amide bonds. The second-order valence-corrected chi connectivity index (χ2v) is 7.33. The van der Waals surface area contributed by atoms with Crippen LogP contribution in [0.25, 0.3) is 11.1 Å². The average Bonchev–Trinajstić information content (AvgIpc) is 2.64. The third-order valence-corrected chi connectivity index (χ3v) is 4.93. The van der Waals surface area contributed by atoms with E-state index in [1.165, 1.54) is 25.0 Å². The van der Waals surface area contributed by atoms with E-state index in [0.717, 1.165) is 35.7 Å². The molecule has 146 valence electrons. The molecular weight excluding hydrogens is 350 g/mol. The number of aromatic nitrogens is 2. The van der Waals surface area contributed by atoms with E-state index < -0.39 is 6.61 Å². The Balaban J connectivity index is 1.79. The van der Waals surface area contributed by atoms with Crippen molar-refractivity contribution in [3.63, 3.8) is 0 Å². The van der Waals surface area contributed by atoms with Gasteiger partial charge in [0.05, 0.1) is 0 Å². The first-order valence-corrected chi connectivity index (χ1v) is 9.28. The SMILES string of the molecule is CC1CCC(Nc2ncc(-c3ccc(OC(F)F)cc3)c(N(C)C)n2)CC1. The zero-order valence-electron chi connectivity index (χ0n) is 16.0. The number of halogens is 2. The largest absolute Gasteiger partial charge is 0.435 e. The summed E-state index contributed by atoms with van der Waals surface area (Å²) in [7, 11) is 3.85. The number of benzene rings is 1. The third kappa shape index (κ3) is 5.05. The molecule has 0 spiro atoms. The molecule has 1 aromatic heterocycles. The molecule has 0 saturated heterocycles. The Labute approximate surface area is 158 Å². The van der Waals surface area contributed by atoms with Gasteiger partial charge >= 0.3 is 6.61 Å². The highest BCUT2D eigenvalue weighted by Crippen LogP contribution is 2.31. The van der Waals surface area contributed by atoms with Crippen LogP contribution in [-0.2, 0) is 0 Å². The normalized spacial score (nSPS) is 19.8. The minimum absolute atomic E-state index is 0.130. The highest BCUT2D eigenvalue weighted by Gasteiger charge is 2.20. The van der Waals surface area contributed by atoms with Gasteiger partial charge in [-0.25, -0.2) is 4.98 Å². The smallest absolute Gasteiger partial charge is 0.387 e. The van der Waals surface area contributed by atoms with Crippen LogP contribution in [0.5, 0.6) is 5.75 Å². The highest BCUT2D eigenvalue weighted by atomic mass is 19.3. The number of anilines is 2. The lowest BCUT2D eigenvalue weighted by Gasteiger charge is -2.27. The maximum absolute atomic E-state index is 12.3. The molecule has 0 atom stereocenters. The fourth-order valence-electron chi connectivity index (χ4n) is 3.39. The molecule has 1 saturated carbocycles. The number of hydrogen-bond donors (Lipinski definition) is 1. The molecule has 1 aliphatic carbocycles. The van der Waals surface area contributed by atoms with Gasteiger partial charge < -0.3 is 15.0 Å². The molecule has 1 aliphatic rings. The fraction of sp³-hybridized carbons (Fsp3) is 0.500. The van der Waals surface area contributed by atoms with Crippen LogP contribution in [-0.4, -0.2) is 36.7 Å². The van der Waals surface area contributed by atoms with E-state index in [2.05, 4.69) is 26.9 Å². The molecule has 7 heteroatoms. The summed E-state index contributed by atoms with van der Waals surface area (Å²) in [6, 6.07) is 6.93. The first-order chi connectivity index (χ1) is 12.9. The van der Waals surface area contributed by atoms with Gasteiger partial charge in [-0.15, -0.1) is 0 Å². The molecule has 1 aromatic carbocycles. The maximum atomic E-state index is 12.3. The summed E-state index contributed by atoms with van der Waals surface area (Å²) in [6.45, 7) is -0.534. The Hall–Kier alpha value is -2.44. The third-order valence-electron chi connectivity index (χ3n) is 4.93. The van der Waals surface area contributed by atoms with Gasteiger partial charge in [0.15, 0.2) is 0 Å². The van der Waals surface area contributed by atoms with E-state index in [4.69, 9.17) is 0 Å². The molecule has 1 fully saturated rings. The number of alkyl halides is 2. The van der Waals surface area contributed by atoms with E-state index in [1.54, 1.807) is 18.3 Å². The number of ether oxygens (including phenoxy) is 1. The summed E-state index contributed by atoms with van der Waals surface area (Å²) in [5.74, 6) is 2.32. The van der Waals surface area contributed by atoms with E-state index in [0.29, 0.717) is 12.0 Å². The molecule has 3 rings (SSSR count). The van der Waals surface area contributed by atoms with Crippen molar-refractivity contribution in [2.24, 2.45) is 5.92 Å². The van der Waals surface area contributed by atoms with Gasteiger partial charge in [0.2, 0.25) is 5.95 Å². The van der Waals surface area contributed by atoms with Crippen LogP contribution >= 0.6 is 0 Å². The summed E-state index contributed by atoms with van der Waals surface area (Å²) < 4.78 is 29.0. The van der Waals surface area contributed by atoms with E-state index >= 15 is 0 Å². The topological polar surface area (TPSA) is 50.3 Å². The summed E-state index contributed by atoms with van der Waals surface area (Å²) in [5, 5.41) is 3.45. The van der Waals surface area contributed by atoms with Crippen molar-refractivity contribution in [1.29, 1.82) is 0 Å². The molecule has 0 aliphatic heterocycles. The molecule has 0 bridgehead atoms. The van der Waals surface area contributed by atoms with Crippen molar-refractivity contribution >= 4 is 11.8 Å². The summed E-state index contributed by atoms with van der Waals surface area (Å²) in [6.07, 6.45) is 6.50. The van der Waals surface area contributed by atoms with Gasteiger partial charge in [-0.3, -0.25) is 0 Å². The molecule has 0 unspecified atom stereocenters. The summed E-state index contributed by atoms with van der Waals surface area (Å²) in [4.78, 5) is 11.1. The lowest BCUT2D eigenvalue weighted by atomic mass is 9.87. The Morgan fingerprint density at radius 2 is 1.78 bits per heavy atom. The quantitative estimate of drug-likeness (QED) is 0.785. The van der Waals surface area contributed by atoms with E-state index in [9.17, 15) is 8.78 Å². The number of rotatable bonds is 6. The van der Waals surface area contributed by atoms with Crippen LogP contribution in [0.4, 0.5) is 20.5 Å². The van der Waals surface area contributed by atoms with Crippen LogP contribution in [0.1, 0.15) is 32.6 Å². The van der Waals surface area contributed by atoms with Crippen LogP contribution in [0.2, 0.25) is 0 Å². The van der Waals surface area contributed by atoms with E-state index in [-0.39, 0.29) is 5.75 Å². The van der Waals surface area contributed by atoms with E-state index in [1.807, 2.05) is 19.0 Å². The Morgan fingerprint density at radius 3 is 2.37 bits per heavy atom. The Bertz CT molecular complexity index is 744. The number of hydrogen-bond acceptors (Lipinski definition) is 5. The molecule has 5 nitrogen and oxygen atoms in total. The van der Waals surface area contributed by atoms with Crippen molar-refractivity contribution in [3.8, 4) is 16.9 Å². The summed E-state index contributed by atoms with van der Waals surface area (Å²) in [5.41, 5.74) is 1.68. The second-order valence-electron chi connectivity index (χ2n) is 7.33. The van der Waals surface area contributed by atoms with Crippen LogP contribution in [0.3, 0.4) is 0 Å². The van der Waals surface area contributed by atoms with Gasteiger partial charge in [0.1, 0.15) is 11.6 Å². The van der Waals surface area contributed by atoms with Crippen LogP contribution in [0.15, 0.2) is 30.5 Å². The van der Waals surface area contributed by atoms with Gasteiger partial charge in [-0.2, -0.15) is 13.8 Å². The number of nitrogens with zero attached hydrogens (tertiary/aromatic N) is 3. The molecule has 1 heterocycles. The minimum Gasteiger partial charge on any atom is -0.435 e. The predicted molar refractivity (Wildman–Crippen MR) is 103 cm³/mol. The lowest BCUT2D eigenvalue weighted by molar-refractivity contribution is -0.0498. The fourth-order valence-corrected chi connectivity index (χ4v) is 3.39. The van der Waals surface area contributed by atoms with Crippen LogP contribution < -0.4 is 15.0 Å². The Morgan fingerprint density at radius 1 is 1.11 bits per heavy atom. The molecule has 1 N–H and O–H groups in total. The number of nitrogens with one attached hydrogen (secondary N) is 1. The monoisotopic (exact) mass is 376 g/mol. The van der Waals surface area contributed by atoms with Crippen molar-refractivity contribution in [2.45, 2.75) is 45.3 Å². The second kappa shape index (κ2) is 8.50. The molecule has 27 heavy (non-hydrogen) atoms. The van der Waals surface area contributed by atoms with Crippen molar-refractivity contribution < 1.29 is 13.5 Å².